The molecule has 2 aromatic rings. The maximum atomic E-state index is 12.1. The Labute approximate surface area is 129 Å². The lowest BCUT2D eigenvalue weighted by Gasteiger charge is -2.05. The molecule has 0 amide bonds. The Morgan fingerprint density at radius 1 is 1.15 bits per heavy atom. The molecule has 104 valence electrons. The van der Waals surface area contributed by atoms with Crippen molar-refractivity contribution in [3.63, 3.8) is 0 Å². The van der Waals surface area contributed by atoms with Gasteiger partial charge in [0.05, 0.1) is 5.75 Å². The summed E-state index contributed by atoms with van der Waals surface area (Å²) in [5.74, 6) is 0.373. The van der Waals surface area contributed by atoms with Gasteiger partial charge in [-0.3, -0.25) is 9.00 Å². The normalized spacial score (nSPS) is 12.1. The van der Waals surface area contributed by atoms with Gasteiger partial charge in [0.25, 0.3) is 0 Å². The van der Waals surface area contributed by atoms with Crippen LogP contribution in [0.2, 0.25) is 0 Å². The fourth-order valence-corrected chi connectivity index (χ4v) is 3.56. The average Bonchev–Trinajstić information content (AvgIpc) is 2.38. The molecular formula is C16H15BrO2S. The number of hydrogen-bond acceptors (Lipinski definition) is 2. The Morgan fingerprint density at radius 2 is 1.90 bits per heavy atom. The molecule has 0 aliphatic carbocycles. The molecule has 20 heavy (non-hydrogen) atoms. The minimum atomic E-state index is -1.19. The van der Waals surface area contributed by atoms with Crippen LogP contribution in [0.4, 0.5) is 0 Å². The van der Waals surface area contributed by atoms with E-state index in [1.165, 1.54) is 0 Å². The van der Waals surface area contributed by atoms with Crippen LogP contribution in [0.15, 0.2) is 53.0 Å². The van der Waals surface area contributed by atoms with E-state index in [0.29, 0.717) is 11.3 Å². The SMILES string of the molecule is Cc1cccc(CS(=O)CC(=O)c2ccccc2Br)c1. The first-order valence-electron chi connectivity index (χ1n) is 6.24. The molecule has 0 saturated heterocycles. The molecule has 0 radical (unpaired) electrons. The van der Waals surface area contributed by atoms with Crippen LogP contribution in [-0.4, -0.2) is 15.7 Å². The predicted octanol–water partition coefficient (Wildman–Crippen LogP) is 3.89. The first kappa shape index (κ1) is 15.1. The predicted molar refractivity (Wildman–Crippen MR) is 86.4 cm³/mol. The van der Waals surface area contributed by atoms with Crippen molar-refractivity contribution in [3.8, 4) is 0 Å². The maximum absolute atomic E-state index is 12.1. The van der Waals surface area contributed by atoms with Gasteiger partial charge in [0.15, 0.2) is 5.78 Å². The van der Waals surface area contributed by atoms with Gasteiger partial charge in [0.2, 0.25) is 0 Å². The molecule has 0 aliphatic rings. The van der Waals surface area contributed by atoms with Crippen molar-refractivity contribution >= 4 is 32.5 Å². The zero-order valence-electron chi connectivity index (χ0n) is 11.1. The summed E-state index contributed by atoms with van der Waals surface area (Å²) in [4.78, 5) is 12.1. The molecule has 1 unspecified atom stereocenters. The zero-order valence-corrected chi connectivity index (χ0v) is 13.5. The van der Waals surface area contributed by atoms with Gasteiger partial charge in [0, 0.05) is 26.6 Å². The first-order chi connectivity index (χ1) is 9.56. The number of ketones is 1. The Bertz CT molecular complexity index is 652. The second-order valence-electron chi connectivity index (χ2n) is 4.62. The number of halogens is 1. The lowest BCUT2D eigenvalue weighted by molar-refractivity contribution is 0.102. The summed E-state index contributed by atoms with van der Waals surface area (Å²) >= 11 is 3.34. The van der Waals surface area contributed by atoms with E-state index in [0.717, 1.165) is 15.6 Å². The number of aryl methyl sites for hydroxylation is 1. The van der Waals surface area contributed by atoms with E-state index in [-0.39, 0.29) is 11.5 Å². The van der Waals surface area contributed by atoms with Gasteiger partial charge in [-0.25, -0.2) is 0 Å². The topological polar surface area (TPSA) is 34.1 Å². The summed E-state index contributed by atoms with van der Waals surface area (Å²) in [6.07, 6.45) is 0. The highest BCUT2D eigenvalue weighted by molar-refractivity contribution is 9.10. The number of Topliss-reactive ketones (excluding diaryl/α,β-unsaturated/α-hetero) is 1. The monoisotopic (exact) mass is 350 g/mol. The number of rotatable bonds is 5. The van der Waals surface area contributed by atoms with Gasteiger partial charge in [0.1, 0.15) is 0 Å². The van der Waals surface area contributed by atoms with Crippen molar-refractivity contribution in [1.82, 2.24) is 0 Å². The van der Waals surface area contributed by atoms with Crippen LogP contribution in [0.25, 0.3) is 0 Å². The summed E-state index contributed by atoms with van der Waals surface area (Å²) in [6.45, 7) is 2.00. The lowest BCUT2D eigenvalue weighted by Crippen LogP contribution is -2.13. The Balaban J connectivity index is 2.02. The van der Waals surface area contributed by atoms with Gasteiger partial charge >= 0.3 is 0 Å². The van der Waals surface area contributed by atoms with Crippen LogP contribution >= 0.6 is 15.9 Å². The van der Waals surface area contributed by atoms with E-state index in [1.54, 1.807) is 6.07 Å². The minimum Gasteiger partial charge on any atom is -0.293 e. The van der Waals surface area contributed by atoms with E-state index in [4.69, 9.17) is 0 Å². The molecule has 0 fully saturated rings. The summed E-state index contributed by atoms with van der Waals surface area (Å²) in [5, 5.41) is 0. The first-order valence-corrected chi connectivity index (χ1v) is 8.52. The Morgan fingerprint density at radius 3 is 2.60 bits per heavy atom. The van der Waals surface area contributed by atoms with Crippen LogP contribution in [0.5, 0.6) is 0 Å². The van der Waals surface area contributed by atoms with Crippen LogP contribution in [0.1, 0.15) is 21.5 Å². The molecule has 0 aromatic heterocycles. The highest BCUT2D eigenvalue weighted by atomic mass is 79.9. The minimum absolute atomic E-state index is 0.0521. The molecule has 0 aliphatic heterocycles. The summed E-state index contributed by atoms with van der Waals surface area (Å²) < 4.78 is 12.8. The van der Waals surface area contributed by atoms with Crippen LogP contribution in [0.3, 0.4) is 0 Å². The number of carbonyl (C=O) groups is 1. The largest absolute Gasteiger partial charge is 0.293 e. The molecule has 2 aromatic carbocycles. The third-order valence-electron chi connectivity index (χ3n) is 2.88. The highest BCUT2D eigenvalue weighted by Gasteiger charge is 2.13. The van der Waals surface area contributed by atoms with E-state index in [1.807, 2.05) is 49.4 Å². The summed E-state index contributed by atoms with van der Waals surface area (Å²) in [5.41, 5.74) is 2.73. The molecular weight excluding hydrogens is 336 g/mol. The Kier molecular flexibility index (Phi) is 5.26. The van der Waals surface area contributed by atoms with E-state index >= 15 is 0 Å². The van der Waals surface area contributed by atoms with Crippen molar-refractivity contribution in [2.75, 3.05) is 5.75 Å². The highest BCUT2D eigenvalue weighted by Crippen LogP contribution is 2.17. The van der Waals surface area contributed by atoms with Gasteiger partial charge in [-0.1, -0.05) is 64.0 Å². The lowest BCUT2D eigenvalue weighted by atomic mass is 10.1. The third-order valence-corrected chi connectivity index (χ3v) is 4.81. The quantitative estimate of drug-likeness (QED) is 0.766. The smallest absolute Gasteiger partial charge is 0.176 e. The number of carbonyl (C=O) groups excluding carboxylic acids is 1. The van der Waals surface area contributed by atoms with Crippen molar-refractivity contribution in [1.29, 1.82) is 0 Å². The van der Waals surface area contributed by atoms with Crippen molar-refractivity contribution in [2.24, 2.45) is 0 Å². The van der Waals surface area contributed by atoms with Gasteiger partial charge in [-0.2, -0.15) is 0 Å². The van der Waals surface area contributed by atoms with E-state index in [2.05, 4.69) is 15.9 Å². The number of benzene rings is 2. The van der Waals surface area contributed by atoms with E-state index in [9.17, 15) is 9.00 Å². The van der Waals surface area contributed by atoms with Crippen LogP contribution in [-0.2, 0) is 16.6 Å². The maximum Gasteiger partial charge on any atom is 0.176 e. The fraction of sp³-hybridized carbons (Fsp3) is 0.188. The van der Waals surface area contributed by atoms with Crippen molar-refractivity contribution in [3.05, 3.63) is 69.7 Å². The van der Waals surface area contributed by atoms with Crippen LogP contribution < -0.4 is 0 Å². The molecule has 2 rings (SSSR count). The fourth-order valence-electron chi connectivity index (χ4n) is 1.95. The molecule has 0 bridgehead atoms. The van der Waals surface area contributed by atoms with Gasteiger partial charge < -0.3 is 0 Å². The van der Waals surface area contributed by atoms with Crippen LogP contribution in [0, 0.1) is 6.92 Å². The molecule has 4 heteroatoms. The zero-order chi connectivity index (χ0) is 14.5. The standard InChI is InChI=1S/C16H15BrO2S/c1-12-5-4-6-13(9-12)10-20(19)11-16(18)14-7-2-3-8-15(14)17/h2-9H,10-11H2,1H3. The summed E-state index contributed by atoms with van der Waals surface area (Å²) in [6, 6.07) is 15.1. The molecule has 2 nitrogen and oxygen atoms in total. The second-order valence-corrected chi connectivity index (χ2v) is 6.93. The second kappa shape index (κ2) is 6.95. The van der Waals surface area contributed by atoms with Gasteiger partial charge in [-0.05, 0) is 18.6 Å². The molecule has 1 atom stereocenters. The molecule has 0 saturated carbocycles. The molecule has 0 N–H and O–H groups in total. The van der Waals surface area contributed by atoms with E-state index < -0.39 is 10.8 Å². The summed E-state index contributed by atoms with van der Waals surface area (Å²) in [7, 11) is -1.19. The van der Waals surface area contributed by atoms with Crippen molar-refractivity contribution in [2.45, 2.75) is 12.7 Å². The third kappa shape index (κ3) is 4.12. The van der Waals surface area contributed by atoms with Crippen molar-refractivity contribution < 1.29 is 9.00 Å². The molecule has 0 heterocycles. The molecule has 0 spiro atoms. The number of hydrogen-bond donors (Lipinski definition) is 0. The van der Waals surface area contributed by atoms with Gasteiger partial charge in [-0.15, -0.1) is 0 Å². The average molecular weight is 351 g/mol. The Hall–Kier alpha value is -1.26.